The fourth-order valence-corrected chi connectivity index (χ4v) is 3.81. The molecular formula is C22H28ClN5O3. The van der Waals surface area contributed by atoms with Crippen molar-refractivity contribution in [1.82, 2.24) is 24.9 Å². The molecule has 0 spiro atoms. The molecule has 31 heavy (non-hydrogen) atoms. The summed E-state index contributed by atoms with van der Waals surface area (Å²) >= 11 is 5.97. The summed E-state index contributed by atoms with van der Waals surface area (Å²) in [6.07, 6.45) is 1.77. The predicted octanol–water partition coefficient (Wildman–Crippen LogP) is 2.46. The van der Waals surface area contributed by atoms with Gasteiger partial charge in [0.15, 0.2) is 0 Å². The molecule has 2 aromatic rings. The van der Waals surface area contributed by atoms with E-state index in [0.29, 0.717) is 36.8 Å². The number of rotatable bonds is 6. The number of piperazine rings is 1. The van der Waals surface area contributed by atoms with Crippen LogP contribution in [0.5, 0.6) is 0 Å². The third-order valence-electron chi connectivity index (χ3n) is 5.37. The molecule has 0 radical (unpaired) electrons. The van der Waals surface area contributed by atoms with Crippen LogP contribution in [0.25, 0.3) is 5.69 Å². The van der Waals surface area contributed by atoms with E-state index < -0.39 is 0 Å². The van der Waals surface area contributed by atoms with Gasteiger partial charge in [-0.3, -0.25) is 14.4 Å². The van der Waals surface area contributed by atoms with Gasteiger partial charge in [-0.1, -0.05) is 25.4 Å². The van der Waals surface area contributed by atoms with Gasteiger partial charge < -0.3 is 15.1 Å². The molecule has 1 aromatic carbocycles. The van der Waals surface area contributed by atoms with E-state index in [4.69, 9.17) is 11.6 Å². The molecule has 0 unspecified atom stereocenters. The zero-order chi connectivity index (χ0) is 22.5. The summed E-state index contributed by atoms with van der Waals surface area (Å²) in [7, 11) is 0. The van der Waals surface area contributed by atoms with Crippen molar-refractivity contribution >= 4 is 29.3 Å². The van der Waals surface area contributed by atoms with Crippen molar-refractivity contribution in [2.75, 3.05) is 32.7 Å². The standard InChI is InChI=1S/C22H28ClN5O3/c1-15(2)21-19(14-25-28(21)18-6-4-17(23)5-7-18)22(31)24-9-8-20(30)27-12-10-26(11-13-27)16(3)29/h4-7,14-15H,8-13H2,1-3H3,(H,24,31). The number of halogens is 1. The zero-order valence-electron chi connectivity index (χ0n) is 18.1. The fourth-order valence-electron chi connectivity index (χ4n) is 3.68. The Balaban J connectivity index is 1.59. The summed E-state index contributed by atoms with van der Waals surface area (Å²) in [5.41, 5.74) is 2.12. The van der Waals surface area contributed by atoms with Crippen molar-refractivity contribution in [3.63, 3.8) is 0 Å². The highest BCUT2D eigenvalue weighted by Gasteiger charge is 2.23. The van der Waals surface area contributed by atoms with Crippen LogP contribution in [0.15, 0.2) is 30.5 Å². The molecule has 0 saturated carbocycles. The number of aromatic nitrogens is 2. The van der Waals surface area contributed by atoms with Gasteiger partial charge in [0.25, 0.3) is 5.91 Å². The molecule has 3 amide bonds. The summed E-state index contributed by atoms with van der Waals surface area (Å²) in [5, 5.41) is 7.87. The van der Waals surface area contributed by atoms with Gasteiger partial charge in [-0.15, -0.1) is 0 Å². The second-order valence-electron chi connectivity index (χ2n) is 7.88. The summed E-state index contributed by atoms with van der Waals surface area (Å²) in [5.74, 6) is -0.180. The molecule has 3 rings (SSSR count). The number of amides is 3. The first-order valence-electron chi connectivity index (χ1n) is 10.4. The van der Waals surface area contributed by atoms with Gasteiger partial charge in [0.2, 0.25) is 11.8 Å². The maximum Gasteiger partial charge on any atom is 0.254 e. The third kappa shape index (κ3) is 5.44. The second kappa shape index (κ2) is 9.96. The van der Waals surface area contributed by atoms with Gasteiger partial charge in [-0.2, -0.15) is 5.10 Å². The van der Waals surface area contributed by atoms with Crippen LogP contribution in [-0.2, 0) is 9.59 Å². The number of hydrogen-bond acceptors (Lipinski definition) is 4. The lowest BCUT2D eigenvalue weighted by molar-refractivity contribution is -0.138. The minimum absolute atomic E-state index is 0.0237. The number of carbonyl (C=O) groups excluding carboxylic acids is 3. The van der Waals surface area contributed by atoms with E-state index in [-0.39, 0.29) is 36.6 Å². The molecule has 0 bridgehead atoms. The summed E-state index contributed by atoms with van der Waals surface area (Å²) < 4.78 is 1.75. The number of benzene rings is 1. The maximum absolute atomic E-state index is 12.8. The lowest BCUT2D eigenvalue weighted by Gasteiger charge is -2.34. The van der Waals surface area contributed by atoms with E-state index in [2.05, 4.69) is 10.4 Å². The SMILES string of the molecule is CC(=O)N1CCN(C(=O)CCNC(=O)c2cnn(-c3ccc(Cl)cc3)c2C(C)C)CC1. The van der Waals surface area contributed by atoms with E-state index in [1.165, 1.54) is 6.92 Å². The van der Waals surface area contributed by atoms with Crippen LogP contribution in [0.2, 0.25) is 5.02 Å². The van der Waals surface area contributed by atoms with Crippen molar-refractivity contribution in [1.29, 1.82) is 0 Å². The lowest BCUT2D eigenvalue weighted by atomic mass is 10.0. The Labute approximate surface area is 187 Å². The van der Waals surface area contributed by atoms with Gasteiger partial charge in [0.1, 0.15) is 0 Å². The Kier molecular flexibility index (Phi) is 7.33. The smallest absolute Gasteiger partial charge is 0.254 e. The Hall–Kier alpha value is -2.87. The van der Waals surface area contributed by atoms with Crippen LogP contribution in [-0.4, -0.2) is 70.0 Å². The largest absolute Gasteiger partial charge is 0.351 e. The maximum atomic E-state index is 12.8. The lowest BCUT2D eigenvalue weighted by Crippen LogP contribution is -2.50. The monoisotopic (exact) mass is 445 g/mol. The number of nitrogens with one attached hydrogen (secondary N) is 1. The van der Waals surface area contributed by atoms with E-state index in [1.54, 1.807) is 32.8 Å². The molecule has 8 nitrogen and oxygen atoms in total. The highest BCUT2D eigenvalue weighted by Crippen LogP contribution is 2.24. The van der Waals surface area contributed by atoms with Crippen molar-refractivity contribution in [3.8, 4) is 5.69 Å². The van der Waals surface area contributed by atoms with Gasteiger partial charge in [-0.25, -0.2) is 4.68 Å². The Morgan fingerprint density at radius 3 is 2.26 bits per heavy atom. The zero-order valence-corrected chi connectivity index (χ0v) is 18.9. The van der Waals surface area contributed by atoms with Crippen molar-refractivity contribution in [3.05, 3.63) is 46.7 Å². The van der Waals surface area contributed by atoms with E-state index >= 15 is 0 Å². The average Bonchev–Trinajstić information content (AvgIpc) is 3.20. The summed E-state index contributed by atoms with van der Waals surface area (Å²) in [6.45, 7) is 7.94. The number of carbonyl (C=O) groups is 3. The quantitative estimate of drug-likeness (QED) is 0.739. The molecule has 0 atom stereocenters. The molecule has 1 N–H and O–H groups in total. The van der Waals surface area contributed by atoms with Crippen LogP contribution in [0.4, 0.5) is 0 Å². The highest BCUT2D eigenvalue weighted by atomic mass is 35.5. The summed E-state index contributed by atoms with van der Waals surface area (Å²) in [6, 6.07) is 7.27. The molecule has 1 saturated heterocycles. The summed E-state index contributed by atoms with van der Waals surface area (Å²) in [4.78, 5) is 40.1. The van der Waals surface area contributed by atoms with Crippen LogP contribution < -0.4 is 5.32 Å². The first kappa shape index (κ1) is 22.8. The van der Waals surface area contributed by atoms with Crippen LogP contribution in [0.3, 0.4) is 0 Å². The van der Waals surface area contributed by atoms with E-state index in [1.807, 2.05) is 26.0 Å². The Morgan fingerprint density at radius 2 is 1.68 bits per heavy atom. The minimum atomic E-state index is -0.252. The molecule has 2 heterocycles. The highest BCUT2D eigenvalue weighted by molar-refractivity contribution is 6.30. The minimum Gasteiger partial charge on any atom is -0.351 e. The molecule has 1 aliphatic heterocycles. The van der Waals surface area contributed by atoms with Gasteiger partial charge in [0.05, 0.1) is 23.1 Å². The van der Waals surface area contributed by atoms with Gasteiger partial charge >= 0.3 is 0 Å². The Bertz CT molecular complexity index is 947. The molecule has 1 fully saturated rings. The van der Waals surface area contributed by atoms with E-state index in [0.717, 1.165) is 11.4 Å². The predicted molar refractivity (Wildman–Crippen MR) is 118 cm³/mol. The topological polar surface area (TPSA) is 87.5 Å². The van der Waals surface area contributed by atoms with Crippen molar-refractivity contribution in [2.24, 2.45) is 0 Å². The molecular weight excluding hydrogens is 418 g/mol. The Morgan fingerprint density at radius 1 is 1.06 bits per heavy atom. The fraction of sp³-hybridized carbons (Fsp3) is 0.455. The number of nitrogens with zero attached hydrogens (tertiary/aromatic N) is 4. The first-order chi connectivity index (χ1) is 14.8. The molecule has 1 aromatic heterocycles. The third-order valence-corrected chi connectivity index (χ3v) is 5.62. The van der Waals surface area contributed by atoms with Crippen molar-refractivity contribution in [2.45, 2.75) is 33.1 Å². The number of hydrogen-bond donors (Lipinski definition) is 1. The second-order valence-corrected chi connectivity index (χ2v) is 8.32. The molecule has 1 aliphatic rings. The van der Waals surface area contributed by atoms with Crippen molar-refractivity contribution < 1.29 is 14.4 Å². The van der Waals surface area contributed by atoms with Gasteiger partial charge in [0, 0.05) is 51.1 Å². The van der Waals surface area contributed by atoms with Crippen LogP contribution in [0, 0.1) is 0 Å². The molecule has 166 valence electrons. The molecule has 9 heteroatoms. The molecule has 0 aliphatic carbocycles. The first-order valence-corrected chi connectivity index (χ1v) is 10.8. The van der Waals surface area contributed by atoms with Gasteiger partial charge in [-0.05, 0) is 30.2 Å². The van der Waals surface area contributed by atoms with Crippen LogP contribution >= 0.6 is 11.6 Å². The van der Waals surface area contributed by atoms with E-state index in [9.17, 15) is 14.4 Å². The average molecular weight is 446 g/mol. The van der Waals surface area contributed by atoms with Crippen LogP contribution in [0.1, 0.15) is 49.2 Å². The normalized spacial score (nSPS) is 14.1.